The van der Waals surface area contributed by atoms with Crippen LogP contribution in [0.2, 0.25) is 0 Å². The largest absolute Gasteiger partial charge is 0.314 e. The van der Waals surface area contributed by atoms with Gasteiger partial charge in [-0.3, -0.25) is 0 Å². The van der Waals surface area contributed by atoms with Gasteiger partial charge in [-0.05, 0) is 56.8 Å². The molecule has 18 heavy (non-hydrogen) atoms. The van der Waals surface area contributed by atoms with Crippen molar-refractivity contribution in [3.05, 3.63) is 35.9 Å². The zero-order chi connectivity index (χ0) is 12.4. The minimum Gasteiger partial charge on any atom is -0.314 e. The molecule has 0 amide bonds. The minimum absolute atomic E-state index is 0.765. The van der Waals surface area contributed by atoms with Crippen LogP contribution in [0.3, 0.4) is 0 Å². The summed E-state index contributed by atoms with van der Waals surface area (Å²) < 4.78 is 0. The van der Waals surface area contributed by atoms with Gasteiger partial charge in [0.2, 0.25) is 0 Å². The molecule has 1 aromatic rings. The Hall–Kier alpha value is -0.860. The van der Waals surface area contributed by atoms with E-state index in [4.69, 9.17) is 0 Å². The van der Waals surface area contributed by atoms with Crippen LogP contribution < -0.4 is 5.32 Å². The summed E-state index contributed by atoms with van der Waals surface area (Å²) in [6, 6.07) is 11.7. The highest BCUT2D eigenvalue weighted by atomic mass is 15.1. The molecule has 0 radical (unpaired) electrons. The van der Waals surface area contributed by atoms with Crippen LogP contribution in [0.25, 0.3) is 0 Å². The number of nitrogens with one attached hydrogen (secondary N) is 1. The molecule has 2 fully saturated rings. The molecule has 1 aromatic carbocycles. The van der Waals surface area contributed by atoms with Crippen molar-refractivity contribution in [3.63, 3.8) is 0 Å². The lowest BCUT2D eigenvalue weighted by Gasteiger charge is -2.37. The van der Waals surface area contributed by atoms with Gasteiger partial charge in [-0.1, -0.05) is 30.3 Å². The maximum absolute atomic E-state index is 3.75. The highest BCUT2D eigenvalue weighted by Gasteiger charge is 2.30. The molecule has 1 heterocycles. The molecule has 1 unspecified atom stereocenters. The Balaban J connectivity index is 1.38. The Morgan fingerprint density at radius 3 is 2.67 bits per heavy atom. The number of rotatable bonds is 4. The standard InChI is InChI=1S/C16H24N2/c1-18-8-7-13(12-18)11-17-16-9-15(10-16)14-5-3-2-4-6-14/h2-6,13,15-17H,7-12H2,1H3. The average molecular weight is 244 g/mol. The predicted molar refractivity (Wildman–Crippen MR) is 75.8 cm³/mol. The van der Waals surface area contributed by atoms with Gasteiger partial charge in [0.25, 0.3) is 0 Å². The first-order valence-corrected chi connectivity index (χ1v) is 7.28. The van der Waals surface area contributed by atoms with Gasteiger partial charge < -0.3 is 10.2 Å². The van der Waals surface area contributed by atoms with Crippen LogP contribution in [0.5, 0.6) is 0 Å². The molecule has 2 heteroatoms. The van der Waals surface area contributed by atoms with Gasteiger partial charge in [-0.15, -0.1) is 0 Å². The molecule has 1 saturated heterocycles. The fourth-order valence-electron chi connectivity index (χ4n) is 3.31. The van der Waals surface area contributed by atoms with Gasteiger partial charge in [0.1, 0.15) is 0 Å². The molecule has 1 aliphatic carbocycles. The quantitative estimate of drug-likeness (QED) is 0.875. The van der Waals surface area contributed by atoms with Crippen LogP contribution >= 0.6 is 0 Å². The summed E-state index contributed by atoms with van der Waals surface area (Å²) in [7, 11) is 2.23. The van der Waals surface area contributed by atoms with Gasteiger partial charge in [0, 0.05) is 12.6 Å². The Kier molecular flexibility index (Phi) is 3.67. The highest BCUT2D eigenvalue weighted by Crippen LogP contribution is 2.36. The second-order valence-electron chi connectivity index (χ2n) is 6.10. The first-order chi connectivity index (χ1) is 8.81. The Morgan fingerprint density at radius 2 is 2.00 bits per heavy atom. The van der Waals surface area contributed by atoms with Crippen molar-refractivity contribution in [2.45, 2.75) is 31.2 Å². The van der Waals surface area contributed by atoms with E-state index >= 15 is 0 Å². The third-order valence-electron chi connectivity index (χ3n) is 4.59. The number of hydrogen-bond donors (Lipinski definition) is 1. The molecule has 1 aliphatic heterocycles. The lowest BCUT2D eigenvalue weighted by Crippen LogP contribution is -2.42. The van der Waals surface area contributed by atoms with Crippen molar-refractivity contribution in [1.29, 1.82) is 0 Å². The van der Waals surface area contributed by atoms with Gasteiger partial charge in [-0.25, -0.2) is 0 Å². The smallest absolute Gasteiger partial charge is 0.00788 e. The van der Waals surface area contributed by atoms with E-state index < -0.39 is 0 Å². The van der Waals surface area contributed by atoms with Gasteiger partial charge >= 0.3 is 0 Å². The average Bonchev–Trinajstić information content (AvgIpc) is 2.74. The van der Waals surface area contributed by atoms with Crippen LogP contribution in [0.15, 0.2) is 30.3 Å². The Bertz CT molecular complexity index is 370. The minimum atomic E-state index is 0.765. The summed E-state index contributed by atoms with van der Waals surface area (Å²) in [5.41, 5.74) is 1.52. The van der Waals surface area contributed by atoms with E-state index in [-0.39, 0.29) is 0 Å². The van der Waals surface area contributed by atoms with E-state index in [0.717, 1.165) is 17.9 Å². The zero-order valence-corrected chi connectivity index (χ0v) is 11.3. The zero-order valence-electron chi connectivity index (χ0n) is 11.3. The van der Waals surface area contributed by atoms with Crippen molar-refractivity contribution in [2.75, 3.05) is 26.7 Å². The lowest BCUT2D eigenvalue weighted by molar-refractivity contribution is 0.274. The molecule has 2 aliphatic rings. The van der Waals surface area contributed by atoms with Crippen molar-refractivity contribution < 1.29 is 0 Å². The number of hydrogen-bond acceptors (Lipinski definition) is 2. The maximum atomic E-state index is 3.75. The monoisotopic (exact) mass is 244 g/mol. The second-order valence-corrected chi connectivity index (χ2v) is 6.10. The topological polar surface area (TPSA) is 15.3 Å². The SMILES string of the molecule is CN1CCC(CNC2CC(c3ccccc3)C2)C1. The van der Waals surface area contributed by atoms with E-state index in [0.29, 0.717) is 0 Å². The van der Waals surface area contributed by atoms with Crippen LogP contribution in [-0.4, -0.2) is 37.6 Å². The molecule has 1 N–H and O–H groups in total. The van der Waals surface area contributed by atoms with E-state index in [1.807, 2.05) is 0 Å². The van der Waals surface area contributed by atoms with Crippen molar-refractivity contribution in [3.8, 4) is 0 Å². The van der Waals surface area contributed by atoms with Crippen LogP contribution in [0.4, 0.5) is 0 Å². The normalized spacial score (nSPS) is 32.4. The van der Waals surface area contributed by atoms with E-state index in [1.165, 1.54) is 44.5 Å². The van der Waals surface area contributed by atoms with Gasteiger partial charge in [0.05, 0.1) is 0 Å². The molecule has 98 valence electrons. The second kappa shape index (κ2) is 5.41. The van der Waals surface area contributed by atoms with E-state index in [1.54, 1.807) is 0 Å². The lowest BCUT2D eigenvalue weighted by atomic mass is 9.76. The maximum Gasteiger partial charge on any atom is 0.00788 e. The van der Waals surface area contributed by atoms with Crippen LogP contribution in [0.1, 0.15) is 30.7 Å². The molecule has 2 nitrogen and oxygen atoms in total. The highest BCUT2D eigenvalue weighted by molar-refractivity contribution is 5.22. The molecule has 0 spiro atoms. The predicted octanol–water partition coefficient (Wildman–Crippen LogP) is 2.47. The van der Waals surface area contributed by atoms with Crippen molar-refractivity contribution in [1.82, 2.24) is 10.2 Å². The van der Waals surface area contributed by atoms with Gasteiger partial charge in [-0.2, -0.15) is 0 Å². The molecular weight excluding hydrogens is 220 g/mol. The third-order valence-corrected chi connectivity index (χ3v) is 4.59. The van der Waals surface area contributed by atoms with Crippen molar-refractivity contribution in [2.24, 2.45) is 5.92 Å². The number of likely N-dealkylation sites (tertiary alicyclic amines) is 1. The van der Waals surface area contributed by atoms with Gasteiger partial charge in [0.15, 0.2) is 0 Å². The molecule has 3 rings (SSSR count). The van der Waals surface area contributed by atoms with Crippen LogP contribution in [0, 0.1) is 5.92 Å². The number of benzene rings is 1. The van der Waals surface area contributed by atoms with E-state index in [9.17, 15) is 0 Å². The fraction of sp³-hybridized carbons (Fsp3) is 0.625. The molecular formula is C16H24N2. The molecule has 0 bridgehead atoms. The first kappa shape index (κ1) is 12.2. The summed E-state index contributed by atoms with van der Waals surface area (Å²) >= 11 is 0. The first-order valence-electron chi connectivity index (χ1n) is 7.28. The summed E-state index contributed by atoms with van der Waals surface area (Å²) in [5, 5.41) is 3.75. The van der Waals surface area contributed by atoms with Crippen LogP contribution in [-0.2, 0) is 0 Å². The van der Waals surface area contributed by atoms with E-state index in [2.05, 4.69) is 47.6 Å². The summed E-state index contributed by atoms with van der Waals surface area (Å²) in [6.45, 7) is 3.78. The Morgan fingerprint density at radius 1 is 1.22 bits per heavy atom. The third kappa shape index (κ3) is 2.76. The number of nitrogens with zero attached hydrogens (tertiary/aromatic N) is 1. The molecule has 1 saturated carbocycles. The van der Waals surface area contributed by atoms with Crippen molar-refractivity contribution >= 4 is 0 Å². The summed E-state index contributed by atoms with van der Waals surface area (Å²) in [4.78, 5) is 2.44. The summed E-state index contributed by atoms with van der Waals surface area (Å²) in [5.74, 6) is 1.68. The summed E-state index contributed by atoms with van der Waals surface area (Å²) in [6.07, 6.45) is 4.03. The molecule has 0 aromatic heterocycles. The molecule has 1 atom stereocenters. The Labute approximate surface area is 110 Å². The fourth-order valence-corrected chi connectivity index (χ4v) is 3.31.